The smallest absolute Gasteiger partial charge is 0.667 e. The molecule has 0 aromatic heterocycles. The van der Waals surface area contributed by atoms with E-state index in [2.05, 4.69) is 10.6 Å². The minimum Gasteiger partial charge on any atom is -0.667 e. The van der Waals surface area contributed by atoms with Crippen molar-refractivity contribution in [2.75, 3.05) is 26.3 Å². The number of aliphatic hydroxyl groups excluding tert-OH is 10. The van der Waals surface area contributed by atoms with Crippen LogP contribution < -0.4 is 62.0 Å². The average Bonchev–Trinajstić information content (AvgIpc) is 2.80. The molecule has 2 amide bonds. The predicted octanol–water partition coefficient (Wildman–Crippen LogP) is -9.70. The second kappa shape index (κ2) is 18.4. The standard InChI is InChI=1S/C17H34N3O12.K/c18-7(17(32)20-4-9(24)14(29)16(31)11(26)6-22)1-2-12(27)19-3-8(23)13(28)15(30)10(25)5-21;/h7-11,13-16,18,21-26,28-31H,1-6H2,(H,19,27)(H,20,32);/q-1;+1. The zero-order valence-electron chi connectivity index (χ0n) is 18.2. The number of carbonyl (C=O) groups excluding carboxylic acids is 2. The summed E-state index contributed by atoms with van der Waals surface area (Å²) in [6.07, 6.45) is -14.8. The molecule has 33 heavy (non-hydrogen) atoms. The number of aliphatic hydroxyl groups is 10. The molecule has 16 heteroatoms. The molecule has 9 unspecified atom stereocenters. The van der Waals surface area contributed by atoms with Crippen LogP contribution in [0.1, 0.15) is 12.8 Å². The molecule has 9 atom stereocenters. The molecule has 0 fully saturated rings. The number of carbonyl (C=O) groups is 2. The van der Waals surface area contributed by atoms with Gasteiger partial charge in [-0.1, -0.05) is 12.5 Å². The van der Waals surface area contributed by atoms with E-state index in [-0.39, 0.29) is 64.2 Å². The van der Waals surface area contributed by atoms with Gasteiger partial charge in [0.15, 0.2) is 0 Å². The fraction of sp³-hybridized carbons (Fsp3) is 0.882. The maximum atomic E-state index is 11.8. The Bertz CT molecular complexity index is 563. The van der Waals surface area contributed by atoms with Gasteiger partial charge in [-0.2, -0.15) is 0 Å². The van der Waals surface area contributed by atoms with Crippen LogP contribution in [0, 0.1) is 0 Å². The normalized spacial score (nSPS) is 19.6. The molecule has 0 aliphatic carbocycles. The molecule has 0 spiro atoms. The van der Waals surface area contributed by atoms with Gasteiger partial charge in [0, 0.05) is 19.5 Å². The van der Waals surface area contributed by atoms with Crippen LogP contribution in [0.25, 0.3) is 5.73 Å². The van der Waals surface area contributed by atoms with Gasteiger partial charge in [-0.15, -0.1) is 0 Å². The largest absolute Gasteiger partial charge is 1.00 e. The van der Waals surface area contributed by atoms with Crippen molar-refractivity contribution in [2.45, 2.75) is 67.7 Å². The molecule has 0 heterocycles. The van der Waals surface area contributed by atoms with Crippen molar-refractivity contribution in [3.05, 3.63) is 5.73 Å². The predicted molar refractivity (Wildman–Crippen MR) is 106 cm³/mol. The van der Waals surface area contributed by atoms with E-state index in [1.807, 2.05) is 0 Å². The van der Waals surface area contributed by atoms with Gasteiger partial charge in [0.1, 0.15) is 36.6 Å². The Labute approximate surface area is 232 Å². The summed E-state index contributed by atoms with van der Waals surface area (Å²) in [6.45, 7) is -2.82. The van der Waals surface area contributed by atoms with Crippen LogP contribution in [0.2, 0.25) is 0 Å². The van der Waals surface area contributed by atoms with Gasteiger partial charge in [-0.25, -0.2) is 0 Å². The third kappa shape index (κ3) is 13.1. The van der Waals surface area contributed by atoms with Crippen LogP contribution in [0.4, 0.5) is 0 Å². The number of hydrogen-bond donors (Lipinski definition) is 12. The first-order valence-electron chi connectivity index (χ1n) is 9.79. The fourth-order valence-corrected chi connectivity index (χ4v) is 2.41. The van der Waals surface area contributed by atoms with E-state index in [4.69, 9.17) is 15.9 Å². The molecular weight excluding hydrogens is 477 g/mol. The van der Waals surface area contributed by atoms with Gasteiger partial charge >= 0.3 is 51.4 Å². The summed E-state index contributed by atoms with van der Waals surface area (Å²) in [4.78, 5) is 23.6. The minimum atomic E-state index is -1.88. The summed E-state index contributed by atoms with van der Waals surface area (Å²) in [7, 11) is 0. The van der Waals surface area contributed by atoms with E-state index in [1.165, 1.54) is 0 Å². The number of rotatable bonds is 16. The number of hydrogen-bond acceptors (Lipinski definition) is 12. The molecule has 0 saturated heterocycles. The summed E-state index contributed by atoms with van der Waals surface area (Å²) in [6, 6.07) is -1.45. The number of nitrogens with one attached hydrogen (secondary N) is 3. The van der Waals surface area contributed by atoms with Gasteiger partial charge in [0.25, 0.3) is 0 Å². The molecule has 190 valence electrons. The SMILES string of the molecule is [K+].[NH-]C(CCC(=O)NCC(O)C(O)C(O)C(O)CO)C(=O)NCC(O)C(O)C(O)C(O)CO. The molecule has 0 aliphatic rings. The van der Waals surface area contributed by atoms with Crippen LogP contribution in [0.15, 0.2) is 0 Å². The maximum absolute atomic E-state index is 11.8. The van der Waals surface area contributed by atoms with Gasteiger partial charge in [0.05, 0.1) is 25.4 Å². The Hall–Kier alpha value is 0.136. The summed E-state index contributed by atoms with van der Waals surface area (Å²) in [5.41, 5.74) is 7.68. The second-order valence-electron chi connectivity index (χ2n) is 7.24. The summed E-state index contributed by atoms with van der Waals surface area (Å²) in [5.74, 6) is -1.60. The Morgan fingerprint density at radius 3 is 1.42 bits per heavy atom. The average molecular weight is 512 g/mol. The molecule has 0 aromatic carbocycles. The Kier molecular flexibility index (Phi) is 19.7. The van der Waals surface area contributed by atoms with Gasteiger partial charge < -0.3 is 67.4 Å². The summed E-state index contributed by atoms with van der Waals surface area (Å²) >= 11 is 0. The van der Waals surface area contributed by atoms with Crippen molar-refractivity contribution in [3.8, 4) is 0 Å². The molecule has 0 aromatic rings. The molecule has 0 rings (SSSR count). The first kappa shape index (κ1) is 35.3. The molecule has 15 nitrogen and oxygen atoms in total. The van der Waals surface area contributed by atoms with Gasteiger partial charge in [0.2, 0.25) is 11.8 Å². The van der Waals surface area contributed by atoms with Crippen LogP contribution in [0.3, 0.4) is 0 Å². The van der Waals surface area contributed by atoms with Crippen LogP contribution >= 0.6 is 0 Å². The third-order valence-corrected chi connectivity index (χ3v) is 4.62. The van der Waals surface area contributed by atoms with Crippen molar-refractivity contribution in [3.63, 3.8) is 0 Å². The van der Waals surface area contributed by atoms with Crippen molar-refractivity contribution >= 4 is 11.8 Å². The first-order valence-corrected chi connectivity index (χ1v) is 9.79. The molecule has 13 N–H and O–H groups in total. The van der Waals surface area contributed by atoms with E-state index < -0.39 is 93.0 Å². The van der Waals surface area contributed by atoms with E-state index in [1.54, 1.807) is 0 Å². The van der Waals surface area contributed by atoms with Crippen molar-refractivity contribution in [1.82, 2.24) is 10.6 Å². The monoisotopic (exact) mass is 511 g/mol. The van der Waals surface area contributed by atoms with Crippen LogP contribution in [0.5, 0.6) is 0 Å². The fourth-order valence-electron chi connectivity index (χ4n) is 2.41. The Morgan fingerprint density at radius 1 is 0.667 bits per heavy atom. The van der Waals surface area contributed by atoms with E-state index in [0.717, 1.165) is 0 Å². The van der Waals surface area contributed by atoms with Crippen molar-refractivity contribution in [2.24, 2.45) is 0 Å². The first-order chi connectivity index (χ1) is 14.9. The van der Waals surface area contributed by atoms with E-state index >= 15 is 0 Å². The topological polar surface area (TPSA) is 284 Å². The van der Waals surface area contributed by atoms with E-state index in [9.17, 15) is 50.4 Å². The van der Waals surface area contributed by atoms with Crippen molar-refractivity contribution < 1.29 is 112 Å². The molecule has 0 radical (unpaired) electrons. The molecule has 0 saturated carbocycles. The zero-order chi connectivity index (χ0) is 25.0. The van der Waals surface area contributed by atoms with Crippen LogP contribution in [-0.4, -0.2) is 144 Å². The van der Waals surface area contributed by atoms with Gasteiger partial charge in [-0.05, 0) is 0 Å². The Balaban J connectivity index is 0. The molecule has 0 aliphatic heterocycles. The van der Waals surface area contributed by atoms with Crippen LogP contribution in [-0.2, 0) is 9.59 Å². The van der Waals surface area contributed by atoms with Crippen molar-refractivity contribution in [1.29, 1.82) is 0 Å². The Morgan fingerprint density at radius 2 is 1.03 bits per heavy atom. The maximum Gasteiger partial charge on any atom is 1.00 e. The minimum absolute atomic E-state index is 0. The zero-order valence-corrected chi connectivity index (χ0v) is 21.4. The second-order valence-corrected chi connectivity index (χ2v) is 7.24. The third-order valence-electron chi connectivity index (χ3n) is 4.62. The summed E-state index contributed by atoms with van der Waals surface area (Å²) < 4.78 is 0. The van der Waals surface area contributed by atoms with E-state index in [0.29, 0.717) is 0 Å². The number of amides is 2. The molecule has 0 bridgehead atoms. The summed E-state index contributed by atoms with van der Waals surface area (Å²) in [5, 5.41) is 97.8. The quantitative estimate of drug-likeness (QED) is 0.0860. The molecular formula is C17H34KN3O12. The van der Waals surface area contributed by atoms with Gasteiger partial charge in [-0.3, -0.25) is 9.59 Å².